The molecule has 1 aliphatic carbocycles. The van der Waals surface area contributed by atoms with Crippen molar-refractivity contribution >= 4 is 22.6 Å². The molecule has 0 spiro atoms. The molecule has 0 aliphatic heterocycles. The number of ether oxygens (including phenoxy) is 1. The van der Waals surface area contributed by atoms with Gasteiger partial charge in [0.05, 0.1) is 12.2 Å². The molecule has 2 rings (SSSR count). The number of hydrogen-bond donors (Lipinski definition) is 0. The van der Waals surface area contributed by atoms with Crippen molar-refractivity contribution in [2.75, 3.05) is 4.43 Å². The molecule has 1 aromatic rings. The van der Waals surface area contributed by atoms with Gasteiger partial charge in [-0.05, 0) is 36.7 Å². The van der Waals surface area contributed by atoms with E-state index in [1.54, 1.807) is 6.07 Å². The zero-order chi connectivity index (χ0) is 14.8. The molecule has 1 saturated carbocycles. The van der Waals surface area contributed by atoms with E-state index in [9.17, 15) is 4.39 Å². The summed E-state index contributed by atoms with van der Waals surface area (Å²) in [4.78, 5) is 0. The molecular weight excluding hydrogens is 366 g/mol. The molecule has 0 amide bonds. The maximum absolute atomic E-state index is 13.9. The Labute approximate surface area is 135 Å². The predicted molar refractivity (Wildman–Crippen MR) is 89.7 cm³/mol. The van der Waals surface area contributed by atoms with Crippen LogP contribution >= 0.6 is 22.6 Å². The van der Waals surface area contributed by atoms with Crippen LogP contribution in [0.4, 0.5) is 4.39 Å². The molecule has 1 fully saturated rings. The van der Waals surface area contributed by atoms with Gasteiger partial charge in [0.25, 0.3) is 0 Å². The van der Waals surface area contributed by atoms with Gasteiger partial charge in [-0.3, -0.25) is 0 Å². The Morgan fingerprint density at radius 2 is 2.05 bits per heavy atom. The summed E-state index contributed by atoms with van der Waals surface area (Å²) < 4.78 is 21.0. The van der Waals surface area contributed by atoms with Gasteiger partial charge in [-0.2, -0.15) is 0 Å². The van der Waals surface area contributed by atoms with Crippen molar-refractivity contribution in [1.29, 1.82) is 0 Å². The molecule has 0 bridgehead atoms. The number of rotatable bonds is 4. The highest BCUT2D eigenvalue weighted by molar-refractivity contribution is 14.1. The van der Waals surface area contributed by atoms with E-state index in [4.69, 9.17) is 4.74 Å². The SMILES string of the molecule is CC1CC(OC(CI)c2ccccc2F)CC(C)(C)C1. The second kappa shape index (κ2) is 6.73. The van der Waals surface area contributed by atoms with Crippen molar-refractivity contribution in [1.82, 2.24) is 0 Å². The fraction of sp³-hybridized carbons (Fsp3) is 0.647. The summed E-state index contributed by atoms with van der Waals surface area (Å²) in [5.74, 6) is 0.525. The van der Waals surface area contributed by atoms with Crippen molar-refractivity contribution in [3.8, 4) is 0 Å². The molecule has 1 aromatic carbocycles. The summed E-state index contributed by atoms with van der Waals surface area (Å²) >= 11 is 2.29. The quantitative estimate of drug-likeness (QED) is 0.485. The Morgan fingerprint density at radius 1 is 1.35 bits per heavy atom. The average Bonchev–Trinajstić information content (AvgIpc) is 2.34. The third-order valence-electron chi connectivity index (χ3n) is 4.10. The van der Waals surface area contributed by atoms with Crippen LogP contribution in [0.1, 0.15) is 51.7 Å². The van der Waals surface area contributed by atoms with Crippen molar-refractivity contribution in [3.05, 3.63) is 35.6 Å². The topological polar surface area (TPSA) is 9.23 Å². The second-order valence-corrected chi connectivity index (χ2v) is 7.72. The minimum absolute atomic E-state index is 0.136. The first-order valence-corrected chi connectivity index (χ1v) is 8.89. The van der Waals surface area contributed by atoms with Crippen LogP contribution in [-0.2, 0) is 4.74 Å². The van der Waals surface area contributed by atoms with Gasteiger partial charge in [-0.15, -0.1) is 0 Å². The van der Waals surface area contributed by atoms with E-state index < -0.39 is 0 Å². The van der Waals surface area contributed by atoms with Gasteiger partial charge < -0.3 is 4.74 Å². The van der Waals surface area contributed by atoms with Crippen LogP contribution in [0, 0.1) is 17.2 Å². The van der Waals surface area contributed by atoms with Gasteiger partial charge in [-0.25, -0.2) is 4.39 Å². The van der Waals surface area contributed by atoms with Gasteiger partial charge in [0.1, 0.15) is 5.82 Å². The lowest BCUT2D eigenvalue weighted by molar-refractivity contribution is -0.0583. The van der Waals surface area contributed by atoms with Crippen LogP contribution < -0.4 is 0 Å². The number of hydrogen-bond acceptors (Lipinski definition) is 1. The van der Waals surface area contributed by atoms with Crippen LogP contribution in [0.25, 0.3) is 0 Å². The lowest BCUT2D eigenvalue weighted by atomic mass is 9.71. The molecule has 3 heteroatoms. The number of halogens is 2. The summed E-state index contributed by atoms with van der Waals surface area (Å²) in [7, 11) is 0. The van der Waals surface area contributed by atoms with Gasteiger partial charge >= 0.3 is 0 Å². The van der Waals surface area contributed by atoms with E-state index in [2.05, 4.69) is 43.4 Å². The molecule has 112 valence electrons. The molecule has 3 atom stereocenters. The maximum atomic E-state index is 13.9. The third-order valence-corrected chi connectivity index (χ3v) is 4.90. The Balaban J connectivity index is 2.09. The van der Waals surface area contributed by atoms with Crippen molar-refractivity contribution < 1.29 is 9.13 Å². The molecular formula is C17H24FIO. The first-order chi connectivity index (χ1) is 9.41. The van der Waals surface area contributed by atoms with E-state index >= 15 is 0 Å². The summed E-state index contributed by atoms with van der Waals surface area (Å²) in [5.41, 5.74) is 1.02. The normalized spacial score (nSPS) is 27.2. The van der Waals surface area contributed by atoms with Crippen molar-refractivity contribution in [3.63, 3.8) is 0 Å². The van der Waals surface area contributed by atoms with Crippen LogP contribution in [0.15, 0.2) is 24.3 Å². The minimum Gasteiger partial charge on any atom is -0.369 e. The highest BCUT2D eigenvalue weighted by Gasteiger charge is 2.34. The summed E-state index contributed by atoms with van der Waals surface area (Å²) in [5, 5.41) is 0. The highest BCUT2D eigenvalue weighted by atomic mass is 127. The number of alkyl halides is 1. The molecule has 0 radical (unpaired) electrons. The molecule has 1 nitrogen and oxygen atoms in total. The fourth-order valence-corrected chi connectivity index (χ4v) is 4.21. The number of benzene rings is 1. The summed E-state index contributed by atoms with van der Waals surface area (Å²) in [6.07, 6.45) is 3.52. The van der Waals surface area contributed by atoms with Crippen LogP contribution in [-0.4, -0.2) is 10.5 Å². The van der Waals surface area contributed by atoms with E-state index in [-0.39, 0.29) is 18.0 Å². The fourth-order valence-electron chi connectivity index (χ4n) is 3.52. The monoisotopic (exact) mass is 390 g/mol. The summed E-state index contributed by atoms with van der Waals surface area (Å²) in [6.45, 7) is 6.90. The smallest absolute Gasteiger partial charge is 0.129 e. The standard InChI is InChI=1S/C17H24FIO/c1-12-8-13(10-17(2,3)9-12)20-16(11-19)14-6-4-5-7-15(14)18/h4-7,12-13,16H,8-11H2,1-3H3. The van der Waals surface area contributed by atoms with E-state index in [1.165, 1.54) is 12.5 Å². The zero-order valence-electron chi connectivity index (χ0n) is 12.5. The van der Waals surface area contributed by atoms with Crippen molar-refractivity contribution in [2.24, 2.45) is 11.3 Å². The van der Waals surface area contributed by atoms with Gasteiger partial charge in [0.15, 0.2) is 0 Å². The largest absolute Gasteiger partial charge is 0.369 e. The van der Waals surface area contributed by atoms with Crippen LogP contribution in [0.3, 0.4) is 0 Å². The first kappa shape index (κ1) is 16.2. The van der Waals surface area contributed by atoms with E-state index in [0.29, 0.717) is 16.9 Å². The van der Waals surface area contributed by atoms with Crippen LogP contribution in [0.2, 0.25) is 0 Å². The van der Waals surface area contributed by atoms with E-state index in [0.717, 1.165) is 17.3 Å². The molecule has 0 saturated heterocycles. The molecule has 3 unspecified atom stereocenters. The molecule has 0 heterocycles. The molecule has 1 aliphatic rings. The van der Waals surface area contributed by atoms with E-state index in [1.807, 2.05) is 12.1 Å². The van der Waals surface area contributed by atoms with Crippen molar-refractivity contribution in [2.45, 2.75) is 52.2 Å². The lowest BCUT2D eigenvalue weighted by Crippen LogP contribution is -2.33. The van der Waals surface area contributed by atoms with Gasteiger partial charge in [0.2, 0.25) is 0 Å². The Morgan fingerprint density at radius 3 is 2.65 bits per heavy atom. The second-order valence-electron chi connectivity index (χ2n) is 6.84. The molecule has 0 N–H and O–H groups in total. The average molecular weight is 390 g/mol. The maximum Gasteiger partial charge on any atom is 0.129 e. The Hall–Kier alpha value is -0.160. The Kier molecular flexibility index (Phi) is 5.46. The zero-order valence-corrected chi connectivity index (χ0v) is 14.7. The van der Waals surface area contributed by atoms with Gasteiger partial charge in [0, 0.05) is 9.99 Å². The van der Waals surface area contributed by atoms with Gasteiger partial charge in [-0.1, -0.05) is 61.6 Å². The highest BCUT2D eigenvalue weighted by Crippen LogP contribution is 2.41. The van der Waals surface area contributed by atoms with Crippen LogP contribution in [0.5, 0.6) is 0 Å². The predicted octanol–water partition coefficient (Wildman–Crippen LogP) is 5.53. The minimum atomic E-state index is -0.155. The Bertz CT molecular complexity index is 446. The molecule has 20 heavy (non-hydrogen) atoms. The lowest BCUT2D eigenvalue weighted by Gasteiger charge is -2.40. The summed E-state index contributed by atoms with van der Waals surface area (Å²) in [6, 6.07) is 6.98. The molecule has 0 aromatic heterocycles. The first-order valence-electron chi connectivity index (χ1n) is 7.37. The third kappa shape index (κ3) is 4.17.